The monoisotopic (exact) mass is 506 g/mol. The molecule has 0 aliphatic carbocycles. The number of nitrogens with one attached hydrogen (secondary N) is 2. The highest BCUT2D eigenvalue weighted by Gasteiger charge is 2.15. The fourth-order valence-electron chi connectivity index (χ4n) is 2.04. The standard InChI is InChI=1S/2C8H16N2O4.H2O4S/c2*1-9(2)10(5-3-7(11)12)6-4-8(13)14;1-5(2,3)4/h2*3-6H2,1-2H3,(H,11,12)(H,13,14);(H2,1,2,3,4). The molecule has 0 aromatic heterocycles. The van der Waals surface area contributed by atoms with Gasteiger partial charge in [0.05, 0.1) is 80.1 Å². The van der Waals surface area contributed by atoms with E-state index in [0.29, 0.717) is 26.2 Å². The van der Waals surface area contributed by atoms with Gasteiger partial charge in [-0.05, 0) is 0 Å². The number of rotatable bonds is 14. The summed E-state index contributed by atoms with van der Waals surface area (Å²) >= 11 is 0. The molecule has 0 spiro atoms. The van der Waals surface area contributed by atoms with Gasteiger partial charge in [-0.15, -0.1) is 0 Å². The quantitative estimate of drug-likeness (QED) is 0.0736. The molecule has 0 unspecified atom stereocenters. The predicted octanol–water partition coefficient (Wildman–Crippen LogP) is -4.74. The van der Waals surface area contributed by atoms with Crippen LogP contribution in [0.25, 0.3) is 0 Å². The summed E-state index contributed by atoms with van der Waals surface area (Å²) in [6, 6.07) is 0. The second-order valence-electron chi connectivity index (χ2n) is 6.85. The van der Waals surface area contributed by atoms with Gasteiger partial charge in [-0.3, -0.25) is 37.6 Å². The lowest BCUT2D eigenvalue weighted by Crippen LogP contribution is -3.13. The molecule has 0 bridgehead atoms. The summed E-state index contributed by atoms with van der Waals surface area (Å²) in [6.45, 7) is 1.46. The molecule has 0 fully saturated rings. The second kappa shape index (κ2) is 19.1. The Kier molecular flexibility index (Phi) is 20.4. The maximum atomic E-state index is 10.3. The lowest BCUT2D eigenvalue weighted by atomic mass is 10.3. The Labute approximate surface area is 192 Å². The van der Waals surface area contributed by atoms with Crippen LogP contribution in [0.2, 0.25) is 0 Å². The minimum absolute atomic E-state index is 0.0325. The van der Waals surface area contributed by atoms with Crippen LogP contribution in [0.1, 0.15) is 25.7 Å². The van der Waals surface area contributed by atoms with Gasteiger partial charge in [0, 0.05) is 10.4 Å². The van der Waals surface area contributed by atoms with Gasteiger partial charge in [-0.2, -0.15) is 10.0 Å². The predicted molar refractivity (Wildman–Crippen MR) is 108 cm³/mol. The van der Waals surface area contributed by atoms with Crippen LogP contribution in [0, 0.1) is 0 Å². The van der Waals surface area contributed by atoms with Crippen molar-refractivity contribution in [2.75, 3.05) is 54.4 Å². The first-order valence-corrected chi connectivity index (χ1v) is 10.8. The molecule has 6 N–H and O–H groups in total. The minimum atomic E-state index is -5.17. The molecule has 0 aromatic rings. The van der Waals surface area contributed by atoms with Crippen molar-refractivity contribution in [2.45, 2.75) is 25.7 Å². The Bertz CT molecular complexity index is 612. The molecule has 0 aromatic carbocycles. The molecule has 0 rings (SSSR count). The Morgan fingerprint density at radius 2 is 0.758 bits per heavy atom. The first kappa shape index (κ1) is 35.2. The van der Waals surface area contributed by atoms with E-state index in [4.69, 9.17) is 37.9 Å². The molecule has 0 amide bonds. The van der Waals surface area contributed by atoms with Crippen molar-refractivity contribution >= 4 is 34.3 Å². The summed E-state index contributed by atoms with van der Waals surface area (Å²) < 4.78 is 34.1. The van der Waals surface area contributed by atoms with Gasteiger partial charge in [0.15, 0.2) is 0 Å². The molecular weight excluding hydrogens is 472 g/mol. The zero-order valence-corrected chi connectivity index (χ0v) is 19.8. The highest BCUT2D eigenvalue weighted by Crippen LogP contribution is 1.88. The van der Waals surface area contributed by atoms with E-state index in [-0.39, 0.29) is 25.7 Å². The number of carboxylic acid groups (broad SMARTS) is 4. The summed E-state index contributed by atoms with van der Waals surface area (Å²) in [4.78, 5) is 41.2. The molecule has 17 heteroatoms. The SMILES string of the molecule is C[NH+](C)N(CCC(=O)O)CCC(=O)O.C[NH+](C)N(CCC(=O)O)CCC(=O)O.O=S(=O)([O-])[O-]. The number of quaternary nitrogens is 2. The summed E-state index contributed by atoms with van der Waals surface area (Å²) in [7, 11) is 2.18. The van der Waals surface area contributed by atoms with Crippen molar-refractivity contribution in [2.24, 2.45) is 0 Å². The summed E-state index contributed by atoms with van der Waals surface area (Å²) in [6.07, 6.45) is 0.130. The van der Waals surface area contributed by atoms with E-state index < -0.39 is 34.3 Å². The van der Waals surface area contributed by atoms with Crippen molar-refractivity contribution < 1.29 is 67.1 Å². The molecule has 33 heavy (non-hydrogen) atoms. The number of hydrogen-bond donors (Lipinski definition) is 6. The van der Waals surface area contributed by atoms with Gasteiger partial charge in [0.25, 0.3) is 0 Å². The third-order valence-electron chi connectivity index (χ3n) is 3.65. The Morgan fingerprint density at radius 1 is 0.606 bits per heavy atom. The van der Waals surface area contributed by atoms with E-state index in [1.165, 1.54) is 0 Å². The van der Waals surface area contributed by atoms with Gasteiger partial charge < -0.3 is 29.5 Å². The number of carboxylic acids is 4. The van der Waals surface area contributed by atoms with Gasteiger partial charge >= 0.3 is 23.9 Å². The molecule has 16 nitrogen and oxygen atoms in total. The molecule has 0 heterocycles. The van der Waals surface area contributed by atoms with E-state index >= 15 is 0 Å². The van der Waals surface area contributed by atoms with Gasteiger partial charge in [-0.1, -0.05) is 0 Å². The number of aliphatic carboxylic acids is 4. The number of carbonyl (C=O) groups is 4. The van der Waals surface area contributed by atoms with Crippen molar-refractivity contribution in [3.05, 3.63) is 0 Å². The second-order valence-corrected chi connectivity index (χ2v) is 7.67. The molecule has 0 aliphatic rings. The molecule has 0 saturated carbocycles. The largest absolute Gasteiger partial charge is 0.759 e. The molecule has 0 saturated heterocycles. The van der Waals surface area contributed by atoms with E-state index in [0.717, 1.165) is 10.0 Å². The van der Waals surface area contributed by atoms with Crippen molar-refractivity contribution in [1.29, 1.82) is 0 Å². The first-order valence-electron chi connectivity index (χ1n) is 9.50. The fourth-order valence-corrected chi connectivity index (χ4v) is 2.04. The van der Waals surface area contributed by atoms with Crippen LogP contribution in [-0.2, 0) is 29.6 Å². The van der Waals surface area contributed by atoms with Gasteiger partial charge in [0.2, 0.25) is 0 Å². The highest BCUT2D eigenvalue weighted by atomic mass is 32.3. The van der Waals surface area contributed by atoms with Crippen molar-refractivity contribution in [3.63, 3.8) is 0 Å². The zero-order chi connectivity index (χ0) is 26.8. The zero-order valence-electron chi connectivity index (χ0n) is 19.0. The summed E-state index contributed by atoms with van der Waals surface area (Å²) in [5, 5.41) is 39.3. The van der Waals surface area contributed by atoms with Gasteiger partial charge in [-0.25, -0.2) is 0 Å². The Hall–Kier alpha value is -2.41. The fraction of sp³-hybridized carbons (Fsp3) is 0.750. The highest BCUT2D eigenvalue weighted by molar-refractivity contribution is 7.79. The van der Waals surface area contributed by atoms with Crippen LogP contribution in [0.4, 0.5) is 0 Å². The average Bonchev–Trinajstić information content (AvgIpc) is 2.59. The Balaban J connectivity index is -0.000000453. The van der Waals surface area contributed by atoms with E-state index in [2.05, 4.69) is 0 Å². The maximum absolute atomic E-state index is 10.3. The molecule has 196 valence electrons. The van der Waals surface area contributed by atoms with Crippen LogP contribution in [0.3, 0.4) is 0 Å². The topological polar surface area (TPSA) is 245 Å². The average molecular weight is 507 g/mol. The van der Waals surface area contributed by atoms with Crippen LogP contribution >= 0.6 is 0 Å². The van der Waals surface area contributed by atoms with E-state index in [1.54, 1.807) is 10.0 Å². The summed E-state index contributed by atoms with van der Waals surface area (Å²) in [5.74, 6) is -3.48. The number of hydrogen-bond acceptors (Lipinski definition) is 10. The number of nitrogens with zero attached hydrogens (tertiary/aromatic N) is 2. The lowest BCUT2D eigenvalue weighted by molar-refractivity contribution is -0.982. The minimum Gasteiger partial charge on any atom is -0.759 e. The molecule has 0 aliphatic heterocycles. The molecular formula is C16H34N4O12S. The third-order valence-corrected chi connectivity index (χ3v) is 3.65. The molecule has 0 atom stereocenters. The van der Waals surface area contributed by atoms with Crippen molar-refractivity contribution in [1.82, 2.24) is 10.0 Å². The Morgan fingerprint density at radius 3 is 0.848 bits per heavy atom. The lowest BCUT2D eigenvalue weighted by Gasteiger charge is -2.23. The van der Waals surface area contributed by atoms with Crippen LogP contribution < -0.4 is 10.0 Å². The first-order chi connectivity index (χ1) is 14.9. The molecule has 0 radical (unpaired) electrons. The summed E-state index contributed by atoms with van der Waals surface area (Å²) in [5.41, 5.74) is 0. The van der Waals surface area contributed by atoms with E-state index in [9.17, 15) is 19.2 Å². The van der Waals surface area contributed by atoms with E-state index in [1.807, 2.05) is 28.2 Å². The normalized spacial score (nSPS) is 11.0. The van der Waals surface area contributed by atoms with Crippen LogP contribution in [0.15, 0.2) is 0 Å². The smallest absolute Gasteiger partial charge is 0.304 e. The van der Waals surface area contributed by atoms with Crippen molar-refractivity contribution in [3.8, 4) is 0 Å². The maximum Gasteiger partial charge on any atom is 0.304 e. The third kappa shape index (κ3) is 34.4. The van der Waals surface area contributed by atoms with Gasteiger partial charge in [0.1, 0.15) is 0 Å². The van der Waals surface area contributed by atoms with Crippen LogP contribution in [-0.4, -0.2) is 126 Å². The van der Waals surface area contributed by atoms with Crippen LogP contribution in [0.5, 0.6) is 0 Å².